The summed E-state index contributed by atoms with van der Waals surface area (Å²) in [6.45, 7) is 2.14. The third-order valence-electron chi connectivity index (χ3n) is 2.85. The monoisotopic (exact) mass is 243 g/mol. The number of aryl methyl sites for hydroxylation is 1. The Morgan fingerprint density at radius 2 is 1.94 bits per heavy atom. The summed E-state index contributed by atoms with van der Waals surface area (Å²) in [5, 5.41) is 0. The molecule has 1 heterocycles. The number of nitrogens with two attached hydrogens (primary N) is 1. The number of rotatable bonds is 4. The van der Waals surface area contributed by atoms with Gasteiger partial charge in [-0.05, 0) is 30.2 Å². The van der Waals surface area contributed by atoms with Gasteiger partial charge in [0.1, 0.15) is 5.82 Å². The van der Waals surface area contributed by atoms with E-state index in [2.05, 4.69) is 46.6 Å². The number of nitrogens with one attached hydrogen (secondary N) is 1. The summed E-state index contributed by atoms with van der Waals surface area (Å²) in [6.07, 6.45) is 2.72. The maximum Gasteiger partial charge on any atom is 0.239 e. The standard InChI is InChI=1S/C13H17N5/c1-3-10-4-6-11(7-5-10)18(2)12-8-9-15-13(16-12)17-14/h4-9H,3,14H2,1-2H3,(H,15,16,17). The van der Waals surface area contributed by atoms with Gasteiger partial charge in [-0.3, -0.25) is 5.43 Å². The Morgan fingerprint density at radius 3 is 2.56 bits per heavy atom. The first-order valence-electron chi connectivity index (χ1n) is 5.87. The van der Waals surface area contributed by atoms with Crippen molar-refractivity contribution in [3.8, 4) is 0 Å². The van der Waals surface area contributed by atoms with Crippen LogP contribution in [0, 0.1) is 0 Å². The highest BCUT2D eigenvalue weighted by Crippen LogP contribution is 2.22. The Balaban J connectivity index is 2.25. The lowest BCUT2D eigenvalue weighted by Crippen LogP contribution is -2.15. The van der Waals surface area contributed by atoms with Crippen molar-refractivity contribution in [3.63, 3.8) is 0 Å². The van der Waals surface area contributed by atoms with Crippen LogP contribution in [0.3, 0.4) is 0 Å². The largest absolute Gasteiger partial charge is 0.329 e. The topological polar surface area (TPSA) is 67.1 Å². The number of hydrogen-bond acceptors (Lipinski definition) is 5. The van der Waals surface area contributed by atoms with Crippen LogP contribution in [0.1, 0.15) is 12.5 Å². The fourth-order valence-corrected chi connectivity index (χ4v) is 1.69. The minimum absolute atomic E-state index is 0.407. The van der Waals surface area contributed by atoms with Crippen molar-refractivity contribution in [3.05, 3.63) is 42.1 Å². The zero-order valence-corrected chi connectivity index (χ0v) is 10.6. The number of hydrazine groups is 1. The van der Waals surface area contributed by atoms with E-state index in [1.807, 2.05) is 18.0 Å². The van der Waals surface area contributed by atoms with Gasteiger partial charge in [0.15, 0.2) is 0 Å². The molecule has 94 valence electrons. The van der Waals surface area contributed by atoms with Crippen molar-refractivity contribution in [1.82, 2.24) is 9.97 Å². The van der Waals surface area contributed by atoms with Crippen LogP contribution in [0.2, 0.25) is 0 Å². The van der Waals surface area contributed by atoms with Gasteiger partial charge in [-0.2, -0.15) is 4.98 Å². The molecule has 2 rings (SSSR count). The van der Waals surface area contributed by atoms with E-state index in [-0.39, 0.29) is 0 Å². The molecule has 5 nitrogen and oxygen atoms in total. The van der Waals surface area contributed by atoms with Gasteiger partial charge in [-0.1, -0.05) is 19.1 Å². The second kappa shape index (κ2) is 5.46. The Kier molecular flexibility index (Phi) is 3.74. The second-order valence-electron chi connectivity index (χ2n) is 3.96. The summed E-state index contributed by atoms with van der Waals surface area (Å²) in [5.74, 6) is 6.50. The van der Waals surface area contributed by atoms with E-state index < -0.39 is 0 Å². The molecule has 0 aliphatic carbocycles. The van der Waals surface area contributed by atoms with Crippen molar-refractivity contribution < 1.29 is 0 Å². The van der Waals surface area contributed by atoms with Crippen molar-refractivity contribution in [2.24, 2.45) is 5.84 Å². The molecule has 1 aromatic heterocycles. The number of anilines is 3. The van der Waals surface area contributed by atoms with Crippen LogP contribution in [-0.2, 0) is 6.42 Å². The third-order valence-corrected chi connectivity index (χ3v) is 2.85. The van der Waals surface area contributed by atoms with E-state index in [0.717, 1.165) is 17.9 Å². The van der Waals surface area contributed by atoms with Crippen molar-refractivity contribution >= 4 is 17.5 Å². The maximum absolute atomic E-state index is 5.30. The molecule has 0 amide bonds. The molecule has 0 unspecified atom stereocenters. The van der Waals surface area contributed by atoms with Gasteiger partial charge in [0.2, 0.25) is 5.95 Å². The van der Waals surface area contributed by atoms with Gasteiger partial charge in [-0.25, -0.2) is 10.8 Å². The Labute approximate surface area is 107 Å². The molecule has 0 bridgehead atoms. The lowest BCUT2D eigenvalue weighted by molar-refractivity contribution is 1.06. The van der Waals surface area contributed by atoms with Gasteiger partial charge in [0.25, 0.3) is 0 Å². The van der Waals surface area contributed by atoms with Crippen molar-refractivity contribution in [2.75, 3.05) is 17.4 Å². The number of aromatic nitrogens is 2. The van der Waals surface area contributed by atoms with Crippen LogP contribution < -0.4 is 16.2 Å². The summed E-state index contributed by atoms with van der Waals surface area (Å²) in [7, 11) is 1.96. The molecule has 18 heavy (non-hydrogen) atoms. The molecule has 2 aromatic rings. The lowest BCUT2D eigenvalue weighted by atomic mass is 10.1. The van der Waals surface area contributed by atoms with Crippen molar-refractivity contribution in [2.45, 2.75) is 13.3 Å². The third kappa shape index (κ3) is 2.57. The number of benzene rings is 1. The smallest absolute Gasteiger partial charge is 0.239 e. The normalized spacial score (nSPS) is 10.2. The number of hydrogen-bond donors (Lipinski definition) is 2. The van der Waals surface area contributed by atoms with Crippen LogP contribution in [0.25, 0.3) is 0 Å². The van der Waals surface area contributed by atoms with Gasteiger partial charge < -0.3 is 4.90 Å². The van der Waals surface area contributed by atoms with Crippen LogP contribution >= 0.6 is 0 Å². The summed E-state index contributed by atoms with van der Waals surface area (Å²) >= 11 is 0. The van der Waals surface area contributed by atoms with Crippen LogP contribution in [-0.4, -0.2) is 17.0 Å². The van der Waals surface area contributed by atoms with Gasteiger partial charge in [0, 0.05) is 18.9 Å². The highest BCUT2D eigenvalue weighted by atomic mass is 15.3. The molecule has 5 heteroatoms. The molecular formula is C13H17N5. The molecule has 0 aliphatic rings. The Hall–Kier alpha value is -2.14. The summed E-state index contributed by atoms with van der Waals surface area (Å²) in [5.41, 5.74) is 4.84. The minimum atomic E-state index is 0.407. The fourth-order valence-electron chi connectivity index (χ4n) is 1.69. The van der Waals surface area contributed by atoms with Gasteiger partial charge >= 0.3 is 0 Å². The van der Waals surface area contributed by atoms with Gasteiger partial charge in [-0.15, -0.1) is 0 Å². The van der Waals surface area contributed by atoms with Crippen molar-refractivity contribution in [1.29, 1.82) is 0 Å². The molecule has 0 radical (unpaired) electrons. The summed E-state index contributed by atoms with van der Waals surface area (Å²) in [4.78, 5) is 10.3. The molecular weight excluding hydrogens is 226 g/mol. The van der Waals surface area contributed by atoms with E-state index in [1.54, 1.807) is 6.20 Å². The zero-order valence-electron chi connectivity index (χ0n) is 10.6. The molecule has 3 N–H and O–H groups in total. The van der Waals surface area contributed by atoms with Crippen LogP contribution in [0.5, 0.6) is 0 Å². The Bertz CT molecular complexity index is 509. The predicted molar refractivity (Wildman–Crippen MR) is 73.7 cm³/mol. The van der Waals surface area contributed by atoms with Gasteiger partial charge in [0.05, 0.1) is 0 Å². The average Bonchev–Trinajstić information content (AvgIpc) is 2.46. The van der Waals surface area contributed by atoms with E-state index >= 15 is 0 Å². The first-order valence-corrected chi connectivity index (χ1v) is 5.87. The number of nitrogen functional groups attached to an aromatic ring is 1. The lowest BCUT2D eigenvalue weighted by Gasteiger charge is -2.18. The first kappa shape index (κ1) is 12.3. The highest BCUT2D eigenvalue weighted by molar-refractivity contribution is 5.59. The van der Waals surface area contributed by atoms with Crippen LogP contribution in [0.4, 0.5) is 17.5 Å². The quantitative estimate of drug-likeness (QED) is 0.635. The first-order chi connectivity index (χ1) is 8.74. The van der Waals surface area contributed by atoms with E-state index in [4.69, 9.17) is 5.84 Å². The molecule has 0 spiro atoms. The molecule has 0 fully saturated rings. The highest BCUT2D eigenvalue weighted by Gasteiger charge is 2.06. The Morgan fingerprint density at radius 1 is 1.22 bits per heavy atom. The second-order valence-corrected chi connectivity index (χ2v) is 3.96. The SMILES string of the molecule is CCc1ccc(N(C)c2ccnc(NN)n2)cc1. The summed E-state index contributed by atoms with van der Waals surface area (Å²) in [6, 6.07) is 10.2. The molecule has 0 saturated heterocycles. The average molecular weight is 243 g/mol. The summed E-state index contributed by atoms with van der Waals surface area (Å²) < 4.78 is 0. The molecule has 1 aromatic carbocycles. The fraction of sp³-hybridized carbons (Fsp3) is 0.231. The van der Waals surface area contributed by atoms with E-state index in [9.17, 15) is 0 Å². The van der Waals surface area contributed by atoms with Crippen LogP contribution in [0.15, 0.2) is 36.5 Å². The predicted octanol–water partition coefficient (Wildman–Crippen LogP) is 2.09. The van der Waals surface area contributed by atoms with E-state index in [0.29, 0.717) is 5.95 Å². The molecule has 0 atom stereocenters. The van der Waals surface area contributed by atoms with E-state index in [1.165, 1.54) is 5.56 Å². The number of nitrogens with zero attached hydrogens (tertiary/aromatic N) is 3. The zero-order chi connectivity index (χ0) is 13.0. The molecule has 0 saturated carbocycles. The minimum Gasteiger partial charge on any atom is -0.329 e. The molecule has 0 aliphatic heterocycles. The maximum atomic E-state index is 5.30.